The summed E-state index contributed by atoms with van der Waals surface area (Å²) in [5, 5.41) is 0. The first kappa shape index (κ1) is 41.4. The maximum absolute atomic E-state index is 5.08. The Kier molecular flexibility index (Phi) is 8.64. The minimum atomic E-state index is -0.432. The minimum Gasteiger partial charge on any atom is -0.309 e. The van der Waals surface area contributed by atoms with Crippen LogP contribution in [-0.4, -0.2) is 9.97 Å². The van der Waals surface area contributed by atoms with Crippen LogP contribution in [0.2, 0.25) is 0 Å². The number of rotatable bonds is 6. The van der Waals surface area contributed by atoms with E-state index in [-0.39, 0.29) is 16.2 Å². The van der Waals surface area contributed by atoms with Crippen LogP contribution in [0.5, 0.6) is 0 Å². The average molecular weight is 894 g/mol. The van der Waals surface area contributed by atoms with E-state index >= 15 is 0 Å². The van der Waals surface area contributed by atoms with Crippen molar-refractivity contribution in [2.45, 2.75) is 77.0 Å². The lowest BCUT2D eigenvalue weighted by atomic mass is 9.66. The van der Waals surface area contributed by atoms with Gasteiger partial charge in [0, 0.05) is 56.8 Å². The molecule has 2 aromatic heterocycles. The van der Waals surface area contributed by atoms with Gasteiger partial charge in [-0.25, -0.2) is 9.97 Å². The van der Waals surface area contributed by atoms with Crippen molar-refractivity contribution in [1.82, 2.24) is 9.97 Å². The van der Waals surface area contributed by atoms with Gasteiger partial charge in [-0.3, -0.25) is 9.80 Å². The van der Waals surface area contributed by atoms with Crippen LogP contribution in [0.25, 0.3) is 22.3 Å². The van der Waals surface area contributed by atoms with E-state index in [0.717, 1.165) is 34.4 Å². The van der Waals surface area contributed by atoms with Crippen molar-refractivity contribution < 1.29 is 0 Å². The van der Waals surface area contributed by atoms with Crippen LogP contribution >= 0.6 is 0 Å². The molecule has 4 heterocycles. The zero-order valence-electron chi connectivity index (χ0n) is 40.6. The monoisotopic (exact) mass is 893 g/mol. The Morgan fingerprint density at radius 1 is 0.319 bits per heavy atom. The molecule has 4 aliphatic rings. The first-order valence-electron chi connectivity index (χ1n) is 24.4. The molecule has 0 bridgehead atoms. The Balaban J connectivity index is 1.02. The van der Waals surface area contributed by atoms with E-state index in [1.54, 1.807) is 0 Å². The highest BCUT2D eigenvalue weighted by Gasteiger charge is 2.47. The molecule has 0 amide bonds. The molecule has 0 N–H and O–H groups in total. The quantitative estimate of drug-likeness (QED) is 0.166. The summed E-state index contributed by atoms with van der Waals surface area (Å²) >= 11 is 0. The zero-order valence-corrected chi connectivity index (χ0v) is 40.6. The summed E-state index contributed by atoms with van der Waals surface area (Å²) in [6.45, 7) is 19.1. The lowest BCUT2D eigenvalue weighted by Crippen LogP contribution is -2.38. The van der Waals surface area contributed by atoms with Crippen molar-refractivity contribution in [3.63, 3.8) is 0 Å². The second kappa shape index (κ2) is 14.4. The number of pyridine rings is 2. The Morgan fingerprint density at radius 2 is 0.696 bits per heavy atom. The van der Waals surface area contributed by atoms with Crippen molar-refractivity contribution >= 4 is 51.4 Å². The molecule has 0 unspecified atom stereocenters. The van der Waals surface area contributed by atoms with Gasteiger partial charge in [0.25, 0.3) is 0 Å². The van der Waals surface area contributed by atoms with Gasteiger partial charge in [0.1, 0.15) is 11.6 Å². The van der Waals surface area contributed by atoms with Crippen LogP contribution < -0.4 is 14.7 Å². The zero-order chi connectivity index (χ0) is 47.2. The molecule has 5 nitrogen and oxygen atoms in total. The highest BCUT2D eigenvalue weighted by atomic mass is 15.2. The summed E-state index contributed by atoms with van der Waals surface area (Å²) in [6.07, 6.45) is 3.81. The molecule has 0 radical (unpaired) electrons. The molecule has 336 valence electrons. The topological polar surface area (TPSA) is 35.5 Å². The highest BCUT2D eigenvalue weighted by molar-refractivity contribution is 5.96. The Hall–Kier alpha value is -7.76. The summed E-state index contributed by atoms with van der Waals surface area (Å²) in [6, 6.07) is 65.3. The van der Waals surface area contributed by atoms with Gasteiger partial charge in [-0.1, -0.05) is 146 Å². The van der Waals surface area contributed by atoms with Crippen LogP contribution in [0.3, 0.4) is 0 Å². The molecule has 69 heavy (non-hydrogen) atoms. The maximum atomic E-state index is 5.08. The number of benzene rings is 7. The van der Waals surface area contributed by atoms with Gasteiger partial charge in [0.15, 0.2) is 0 Å². The molecule has 9 aromatic rings. The number of anilines is 9. The third-order valence-corrected chi connectivity index (χ3v) is 16.3. The second-order valence-corrected chi connectivity index (χ2v) is 21.5. The van der Waals surface area contributed by atoms with E-state index in [1.165, 1.54) is 83.8 Å². The number of fused-ring (bicyclic) bond motifs is 10. The summed E-state index contributed by atoms with van der Waals surface area (Å²) in [5.74, 6) is 1.76. The van der Waals surface area contributed by atoms with E-state index < -0.39 is 5.41 Å². The van der Waals surface area contributed by atoms with Crippen LogP contribution in [-0.2, 0) is 21.7 Å². The largest absolute Gasteiger partial charge is 0.309 e. The third-order valence-electron chi connectivity index (χ3n) is 16.3. The van der Waals surface area contributed by atoms with Crippen LogP contribution in [0.1, 0.15) is 99.9 Å². The summed E-state index contributed by atoms with van der Waals surface area (Å²) in [5.41, 5.74) is 22.7. The van der Waals surface area contributed by atoms with Crippen LogP contribution in [0, 0.1) is 0 Å². The number of aromatic nitrogens is 2. The normalized spacial score (nSPS) is 16.3. The van der Waals surface area contributed by atoms with Crippen molar-refractivity contribution in [2.24, 2.45) is 0 Å². The predicted molar refractivity (Wildman–Crippen MR) is 285 cm³/mol. The standard InChI is InChI=1S/C64H55N5/c1-61(2)48-21-11-9-19-44(48)46-30-27-40(35-51(46)61)67(58-25-15-17-33-65-58)42-29-32-57-53(37-42)64(7,8)55-39-43(38-54-60(55)69(57)56-24-14-13-23-50(56)63(54,5)6)68(59-26-16-18-34-66-59)41-28-31-47-45-20-10-12-22-49(45)62(3,4)52(47)36-41/h9-39H,1-8H3. The van der Waals surface area contributed by atoms with Crippen LogP contribution in [0.15, 0.2) is 188 Å². The smallest absolute Gasteiger partial charge is 0.137 e. The minimum absolute atomic E-state index is 0.145. The summed E-state index contributed by atoms with van der Waals surface area (Å²) < 4.78 is 0. The van der Waals surface area contributed by atoms with E-state index in [0.29, 0.717) is 0 Å². The van der Waals surface area contributed by atoms with E-state index in [1.807, 2.05) is 24.5 Å². The number of para-hydroxylation sites is 1. The fraction of sp³-hybridized carbons (Fsp3) is 0.188. The molecule has 5 heteroatoms. The SMILES string of the molecule is CC1(C)c2ccccc2-c2ccc(N(c3ccc4c(c3)C(C)(C)c3cc(N(c5ccc6c(c5)C(C)(C)c5ccccc5-6)c5ccccn5)cc5c3N4c3ccccc3C5(C)C)c3ccccn3)cc21. The Bertz CT molecular complexity index is 3580. The van der Waals surface area contributed by atoms with Crippen molar-refractivity contribution in [3.05, 3.63) is 233 Å². The number of nitrogens with zero attached hydrogens (tertiary/aromatic N) is 5. The first-order chi connectivity index (χ1) is 33.3. The Labute approximate surface area is 406 Å². The van der Waals surface area contributed by atoms with E-state index in [2.05, 4.69) is 234 Å². The molecular formula is C64H55N5. The molecule has 7 aromatic carbocycles. The lowest BCUT2D eigenvalue weighted by molar-refractivity contribution is 0.597. The highest BCUT2D eigenvalue weighted by Crippen LogP contribution is 2.62. The molecule has 0 saturated heterocycles. The van der Waals surface area contributed by atoms with Gasteiger partial charge in [0.05, 0.1) is 17.1 Å². The van der Waals surface area contributed by atoms with Crippen molar-refractivity contribution in [1.29, 1.82) is 0 Å². The molecule has 0 spiro atoms. The van der Waals surface area contributed by atoms with E-state index in [4.69, 9.17) is 9.97 Å². The fourth-order valence-electron chi connectivity index (χ4n) is 12.6. The molecule has 2 aliphatic heterocycles. The summed E-state index contributed by atoms with van der Waals surface area (Å²) in [7, 11) is 0. The average Bonchev–Trinajstić information content (AvgIpc) is 3.73. The van der Waals surface area contributed by atoms with Gasteiger partial charge in [-0.15, -0.1) is 0 Å². The maximum Gasteiger partial charge on any atom is 0.137 e. The Morgan fingerprint density at radius 3 is 1.22 bits per heavy atom. The van der Waals surface area contributed by atoms with E-state index in [9.17, 15) is 0 Å². The van der Waals surface area contributed by atoms with Crippen molar-refractivity contribution in [3.8, 4) is 22.3 Å². The van der Waals surface area contributed by atoms with Gasteiger partial charge < -0.3 is 4.90 Å². The molecule has 0 fully saturated rings. The second-order valence-electron chi connectivity index (χ2n) is 21.5. The third kappa shape index (κ3) is 5.77. The fourth-order valence-corrected chi connectivity index (χ4v) is 12.6. The van der Waals surface area contributed by atoms with Crippen LogP contribution in [0.4, 0.5) is 51.4 Å². The van der Waals surface area contributed by atoms with Gasteiger partial charge in [-0.05, 0) is 152 Å². The van der Waals surface area contributed by atoms with Crippen molar-refractivity contribution in [2.75, 3.05) is 14.7 Å². The first-order valence-corrected chi connectivity index (χ1v) is 24.4. The lowest BCUT2D eigenvalue weighted by Gasteiger charge is -2.50. The molecule has 2 aliphatic carbocycles. The molecular weight excluding hydrogens is 839 g/mol. The van der Waals surface area contributed by atoms with Gasteiger partial charge >= 0.3 is 0 Å². The molecule has 0 atom stereocenters. The number of hydrogen-bond donors (Lipinski definition) is 0. The predicted octanol–water partition coefficient (Wildman–Crippen LogP) is 16.8. The number of hydrogen-bond acceptors (Lipinski definition) is 5. The summed E-state index contributed by atoms with van der Waals surface area (Å²) in [4.78, 5) is 17.4. The van der Waals surface area contributed by atoms with Gasteiger partial charge in [0.2, 0.25) is 0 Å². The molecule has 13 rings (SSSR count). The van der Waals surface area contributed by atoms with Gasteiger partial charge in [-0.2, -0.15) is 0 Å². The molecule has 0 saturated carbocycles.